The molecule has 3 rings (SSSR count). The molecule has 0 atom stereocenters. The highest BCUT2D eigenvalue weighted by molar-refractivity contribution is 6.14. The Kier molecular flexibility index (Phi) is 4.28. The third-order valence-corrected chi connectivity index (χ3v) is 3.16. The average Bonchev–Trinajstić information content (AvgIpc) is 2.99. The molecule has 0 radical (unpaired) electrons. The van der Waals surface area contributed by atoms with Gasteiger partial charge in [0.2, 0.25) is 0 Å². The number of nitrogens with zero attached hydrogens (tertiary/aromatic N) is 4. The van der Waals surface area contributed by atoms with Crippen molar-refractivity contribution in [2.24, 2.45) is 7.05 Å². The van der Waals surface area contributed by atoms with E-state index in [0.717, 1.165) is 0 Å². The third-order valence-electron chi connectivity index (χ3n) is 3.16. The number of aryl methyl sites for hydroxylation is 1. The van der Waals surface area contributed by atoms with Gasteiger partial charge in [0.05, 0.1) is 5.56 Å². The van der Waals surface area contributed by atoms with Crippen molar-refractivity contribution in [3.63, 3.8) is 0 Å². The van der Waals surface area contributed by atoms with Crippen LogP contribution in [0.1, 0.15) is 20.8 Å². The van der Waals surface area contributed by atoms with Gasteiger partial charge >= 0.3 is 0 Å². The van der Waals surface area contributed by atoms with Crippen molar-refractivity contribution < 1.29 is 9.59 Å². The summed E-state index contributed by atoms with van der Waals surface area (Å²) in [4.78, 5) is 32.6. The molecule has 2 amide bonds. The van der Waals surface area contributed by atoms with Crippen LogP contribution in [0.3, 0.4) is 0 Å². The zero-order chi connectivity index (χ0) is 16.9. The van der Waals surface area contributed by atoms with E-state index in [9.17, 15) is 9.59 Å². The first-order valence-electron chi connectivity index (χ1n) is 7.10. The highest BCUT2D eigenvalue weighted by atomic mass is 16.2. The molecular weight excluding hydrogens is 308 g/mol. The van der Waals surface area contributed by atoms with Crippen LogP contribution in [0.15, 0.2) is 55.2 Å². The van der Waals surface area contributed by atoms with Gasteiger partial charge in [-0.3, -0.25) is 24.2 Å². The van der Waals surface area contributed by atoms with E-state index in [1.54, 1.807) is 56.1 Å². The second-order valence-corrected chi connectivity index (χ2v) is 4.95. The zero-order valence-electron chi connectivity index (χ0n) is 12.8. The number of carbonyl (C=O) groups excluding carboxylic acids is 2. The van der Waals surface area contributed by atoms with Gasteiger partial charge in [0.15, 0.2) is 5.69 Å². The molecule has 8 nitrogen and oxygen atoms in total. The van der Waals surface area contributed by atoms with Crippen molar-refractivity contribution in [3.05, 3.63) is 66.5 Å². The van der Waals surface area contributed by atoms with Gasteiger partial charge in [0.25, 0.3) is 11.8 Å². The minimum atomic E-state index is -0.471. The van der Waals surface area contributed by atoms with Gasteiger partial charge in [-0.2, -0.15) is 5.10 Å². The van der Waals surface area contributed by atoms with Crippen molar-refractivity contribution in [1.29, 1.82) is 0 Å². The van der Waals surface area contributed by atoms with Crippen LogP contribution in [0.5, 0.6) is 0 Å². The summed E-state index contributed by atoms with van der Waals surface area (Å²) in [5, 5.41) is 9.48. The molecule has 8 heteroatoms. The largest absolute Gasteiger partial charge is 0.322 e. The molecule has 0 aromatic carbocycles. The summed E-state index contributed by atoms with van der Waals surface area (Å²) in [5.41, 5.74) is 1.38. The highest BCUT2D eigenvalue weighted by Gasteiger charge is 2.21. The molecule has 0 saturated heterocycles. The molecule has 3 heterocycles. The lowest BCUT2D eigenvalue weighted by Crippen LogP contribution is -2.19. The fourth-order valence-electron chi connectivity index (χ4n) is 2.08. The predicted octanol–water partition coefficient (Wildman–Crippen LogP) is 1.71. The Morgan fingerprint density at radius 2 is 1.38 bits per heavy atom. The number of hydrogen-bond donors (Lipinski definition) is 2. The maximum absolute atomic E-state index is 12.4. The van der Waals surface area contributed by atoms with Crippen LogP contribution >= 0.6 is 0 Å². The Balaban J connectivity index is 1.82. The Morgan fingerprint density at radius 1 is 0.875 bits per heavy atom. The number of amides is 2. The van der Waals surface area contributed by atoms with E-state index < -0.39 is 11.8 Å². The minimum Gasteiger partial charge on any atom is -0.322 e. The first-order chi connectivity index (χ1) is 11.6. The standard InChI is InChI=1S/C16H14N6O2/c1-22-10-13(15(23)19-11-2-6-17-7-3-11)14(21-22)16(24)20-12-4-8-18-9-5-12/h2-10H,1H3,(H,17,19,23)(H,18,20,24). The van der Waals surface area contributed by atoms with E-state index in [-0.39, 0.29) is 11.3 Å². The summed E-state index contributed by atoms with van der Waals surface area (Å²) in [5.74, 6) is -0.893. The van der Waals surface area contributed by atoms with E-state index in [4.69, 9.17) is 0 Å². The molecule has 0 spiro atoms. The quantitative estimate of drug-likeness (QED) is 0.761. The number of pyridine rings is 2. The van der Waals surface area contributed by atoms with Crippen molar-refractivity contribution in [1.82, 2.24) is 19.7 Å². The molecule has 3 aromatic heterocycles. The van der Waals surface area contributed by atoms with Gasteiger partial charge < -0.3 is 10.6 Å². The predicted molar refractivity (Wildman–Crippen MR) is 87.6 cm³/mol. The number of nitrogens with one attached hydrogen (secondary N) is 2. The first-order valence-corrected chi connectivity index (χ1v) is 7.10. The Labute approximate surface area is 137 Å². The summed E-state index contributed by atoms with van der Waals surface area (Å²) >= 11 is 0. The number of hydrogen-bond acceptors (Lipinski definition) is 5. The van der Waals surface area contributed by atoms with Crippen LogP contribution in [0.25, 0.3) is 0 Å². The molecule has 0 aliphatic carbocycles. The van der Waals surface area contributed by atoms with Crippen LogP contribution < -0.4 is 10.6 Å². The molecular formula is C16H14N6O2. The molecule has 0 unspecified atom stereocenters. The second kappa shape index (κ2) is 6.69. The fraction of sp³-hybridized carbons (Fsp3) is 0.0625. The maximum atomic E-state index is 12.4. The maximum Gasteiger partial charge on any atom is 0.276 e. The molecule has 0 bridgehead atoms. The Bertz CT molecular complexity index is 790. The molecule has 3 aromatic rings. The van der Waals surface area contributed by atoms with Crippen LogP contribution in [-0.2, 0) is 7.05 Å². The van der Waals surface area contributed by atoms with Crippen molar-refractivity contribution >= 4 is 23.2 Å². The topological polar surface area (TPSA) is 102 Å². The Morgan fingerprint density at radius 3 is 1.92 bits per heavy atom. The van der Waals surface area contributed by atoms with Crippen molar-refractivity contribution in [2.75, 3.05) is 10.6 Å². The number of anilines is 2. The van der Waals surface area contributed by atoms with Crippen LogP contribution in [-0.4, -0.2) is 31.6 Å². The lowest BCUT2D eigenvalue weighted by molar-refractivity contribution is 0.0988. The summed E-state index contributed by atoms with van der Waals surface area (Å²) < 4.78 is 1.42. The Hall–Kier alpha value is -3.55. The van der Waals surface area contributed by atoms with Crippen molar-refractivity contribution in [2.45, 2.75) is 0 Å². The van der Waals surface area contributed by atoms with Gasteiger partial charge in [-0.25, -0.2) is 0 Å². The lowest BCUT2D eigenvalue weighted by Gasteiger charge is -2.06. The molecule has 0 saturated carbocycles. The van der Waals surface area contributed by atoms with Gasteiger partial charge in [-0.15, -0.1) is 0 Å². The molecule has 0 fully saturated rings. The lowest BCUT2D eigenvalue weighted by atomic mass is 10.2. The summed E-state index contributed by atoms with van der Waals surface area (Å²) in [6.07, 6.45) is 7.75. The number of aromatic nitrogens is 4. The highest BCUT2D eigenvalue weighted by Crippen LogP contribution is 2.13. The SMILES string of the molecule is Cn1cc(C(=O)Nc2ccncc2)c(C(=O)Nc2ccncc2)n1. The van der Waals surface area contributed by atoms with Gasteiger partial charge in [0, 0.05) is 49.4 Å². The monoisotopic (exact) mass is 322 g/mol. The fourth-order valence-corrected chi connectivity index (χ4v) is 2.08. The molecule has 0 aliphatic heterocycles. The first kappa shape index (κ1) is 15.3. The summed E-state index contributed by atoms with van der Waals surface area (Å²) in [7, 11) is 1.65. The number of carbonyl (C=O) groups is 2. The van der Waals surface area contributed by atoms with E-state index in [1.165, 1.54) is 10.9 Å². The molecule has 24 heavy (non-hydrogen) atoms. The normalized spacial score (nSPS) is 10.2. The van der Waals surface area contributed by atoms with Crippen LogP contribution in [0, 0.1) is 0 Å². The average molecular weight is 322 g/mol. The summed E-state index contributed by atoms with van der Waals surface area (Å²) in [6, 6.07) is 6.62. The smallest absolute Gasteiger partial charge is 0.276 e. The van der Waals surface area contributed by atoms with Gasteiger partial charge in [0.1, 0.15) is 0 Å². The van der Waals surface area contributed by atoms with Gasteiger partial charge in [-0.1, -0.05) is 0 Å². The van der Waals surface area contributed by atoms with Crippen molar-refractivity contribution in [3.8, 4) is 0 Å². The van der Waals surface area contributed by atoms with E-state index in [2.05, 4.69) is 25.7 Å². The minimum absolute atomic E-state index is 0.0425. The van der Waals surface area contributed by atoms with E-state index >= 15 is 0 Å². The van der Waals surface area contributed by atoms with Crippen LogP contribution in [0.4, 0.5) is 11.4 Å². The zero-order valence-corrected chi connectivity index (χ0v) is 12.8. The van der Waals surface area contributed by atoms with Crippen LogP contribution in [0.2, 0.25) is 0 Å². The van der Waals surface area contributed by atoms with Gasteiger partial charge in [-0.05, 0) is 24.3 Å². The molecule has 0 aliphatic rings. The molecule has 2 N–H and O–H groups in total. The molecule has 120 valence electrons. The summed E-state index contributed by atoms with van der Waals surface area (Å²) in [6.45, 7) is 0. The van der Waals surface area contributed by atoms with E-state index in [0.29, 0.717) is 11.4 Å². The number of rotatable bonds is 4. The third kappa shape index (κ3) is 3.43. The second-order valence-electron chi connectivity index (χ2n) is 4.95. The van der Waals surface area contributed by atoms with E-state index in [1.807, 2.05) is 0 Å².